The highest BCUT2D eigenvalue weighted by Crippen LogP contribution is 2.40. The summed E-state index contributed by atoms with van der Waals surface area (Å²) in [5.41, 5.74) is 6.71. The summed E-state index contributed by atoms with van der Waals surface area (Å²) < 4.78 is 0. The molecule has 0 aromatic carbocycles. The molecule has 0 spiro atoms. The van der Waals surface area contributed by atoms with E-state index in [0.717, 1.165) is 18.1 Å². The summed E-state index contributed by atoms with van der Waals surface area (Å²) in [5, 5.41) is 12.9. The van der Waals surface area contributed by atoms with Crippen molar-refractivity contribution in [2.24, 2.45) is 5.92 Å². The molecule has 0 aliphatic heterocycles. The third kappa shape index (κ3) is 3.37. The number of nitriles is 1. The average molecular weight is 304 g/mol. The number of hydrogen-bond donors (Lipinski definition) is 2. The fraction of sp³-hybridized carbons (Fsp3) is 0.467. The number of hydrogen-bond acceptors (Lipinski definition) is 5. The molecule has 1 amide bonds. The number of carbonyl (C=O) groups excluding carboxylic acids is 1. The zero-order chi connectivity index (χ0) is 15.4. The minimum absolute atomic E-state index is 0.248. The number of nitrogens with one attached hydrogen (secondary N) is 1. The summed E-state index contributed by atoms with van der Waals surface area (Å²) in [6, 6.07) is 2.15. The van der Waals surface area contributed by atoms with Crippen molar-refractivity contribution in [3.05, 3.63) is 23.1 Å². The molecule has 1 aromatic heterocycles. The molecular formula is C15H20N4OS. The Morgan fingerprint density at radius 3 is 2.90 bits per heavy atom. The summed E-state index contributed by atoms with van der Waals surface area (Å²) in [5.74, 6) is 0.459. The lowest BCUT2D eigenvalue weighted by Crippen LogP contribution is -2.25. The number of nitrogens with zero attached hydrogens (tertiary/aromatic N) is 2. The molecule has 1 aliphatic carbocycles. The molecule has 112 valence electrons. The van der Waals surface area contributed by atoms with Crippen LogP contribution in [0.5, 0.6) is 0 Å². The van der Waals surface area contributed by atoms with Crippen molar-refractivity contribution < 1.29 is 4.79 Å². The molecule has 3 N–H and O–H groups in total. The second kappa shape index (κ2) is 6.64. The molecular weight excluding hydrogens is 284 g/mol. The normalized spacial score (nSPS) is 13.5. The van der Waals surface area contributed by atoms with E-state index in [1.807, 2.05) is 0 Å². The molecule has 5 nitrogen and oxygen atoms in total. The van der Waals surface area contributed by atoms with E-state index in [-0.39, 0.29) is 11.6 Å². The van der Waals surface area contributed by atoms with E-state index < -0.39 is 0 Å². The molecule has 1 aromatic rings. The van der Waals surface area contributed by atoms with E-state index in [4.69, 9.17) is 5.73 Å². The molecule has 0 bridgehead atoms. The van der Waals surface area contributed by atoms with Gasteiger partial charge in [-0.15, -0.1) is 17.9 Å². The maximum atomic E-state index is 12.1. The van der Waals surface area contributed by atoms with Crippen LogP contribution >= 0.6 is 11.3 Å². The Bertz CT molecular complexity index is 583. The first kappa shape index (κ1) is 15.4. The van der Waals surface area contributed by atoms with Crippen molar-refractivity contribution in [1.29, 1.82) is 5.26 Å². The smallest absolute Gasteiger partial charge is 0.263 e. The first-order valence-electron chi connectivity index (χ1n) is 7.08. The molecule has 2 rings (SSSR count). The number of anilines is 2. The first-order valence-corrected chi connectivity index (χ1v) is 7.90. The quantitative estimate of drug-likeness (QED) is 0.758. The van der Waals surface area contributed by atoms with Gasteiger partial charge in [0, 0.05) is 19.6 Å². The lowest BCUT2D eigenvalue weighted by Gasteiger charge is -2.21. The largest absolute Gasteiger partial charge is 0.396 e. The number of carbonyl (C=O) groups is 1. The fourth-order valence-electron chi connectivity index (χ4n) is 2.14. The minimum Gasteiger partial charge on any atom is -0.396 e. The van der Waals surface area contributed by atoms with Crippen molar-refractivity contribution in [2.75, 3.05) is 30.3 Å². The Morgan fingerprint density at radius 1 is 1.67 bits per heavy atom. The lowest BCUT2D eigenvalue weighted by atomic mass is 10.2. The predicted octanol–water partition coefficient (Wildman–Crippen LogP) is 2.35. The highest BCUT2D eigenvalue weighted by molar-refractivity contribution is 7.19. The summed E-state index contributed by atoms with van der Waals surface area (Å²) in [7, 11) is 0. The van der Waals surface area contributed by atoms with Crippen LogP contribution in [0, 0.1) is 17.2 Å². The third-order valence-corrected chi connectivity index (χ3v) is 4.76. The first-order chi connectivity index (χ1) is 10.1. The Morgan fingerprint density at radius 2 is 2.38 bits per heavy atom. The monoisotopic (exact) mass is 304 g/mol. The van der Waals surface area contributed by atoms with E-state index >= 15 is 0 Å². The molecule has 0 unspecified atom stereocenters. The SMILES string of the molecule is C=CCNC(=O)c1sc(N(CC)CC2CC2)c(C#N)c1N. The number of rotatable bonds is 7. The maximum Gasteiger partial charge on any atom is 0.263 e. The third-order valence-electron chi connectivity index (χ3n) is 3.50. The summed E-state index contributed by atoms with van der Waals surface area (Å²) >= 11 is 1.30. The van der Waals surface area contributed by atoms with Crippen LogP contribution in [0.25, 0.3) is 0 Å². The van der Waals surface area contributed by atoms with Gasteiger partial charge in [-0.2, -0.15) is 5.26 Å². The van der Waals surface area contributed by atoms with Crippen LogP contribution in [0.4, 0.5) is 10.7 Å². The molecule has 21 heavy (non-hydrogen) atoms. The maximum absolute atomic E-state index is 12.1. The predicted molar refractivity (Wildman–Crippen MR) is 86.6 cm³/mol. The fourth-order valence-corrected chi connectivity index (χ4v) is 3.30. The van der Waals surface area contributed by atoms with Gasteiger partial charge >= 0.3 is 0 Å². The van der Waals surface area contributed by atoms with Crippen LogP contribution in [0.2, 0.25) is 0 Å². The molecule has 1 fully saturated rings. The number of thiophene rings is 1. The van der Waals surface area contributed by atoms with Gasteiger partial charge in [0.1, 0.15) is 21.5 Å². The second-order valence-corrected chi connectivity index (χ2v) is 6.12. The van der Waals surface area contributed by atoms with Crippen LogP contribution in [0.15, 0.2) is 12.7 Å². The van der Waals surface area contributed by atoms with E-state index in [1.165, 1.54) is 24.2 Å². The second-order valence-electron chi connectivity index (χ2n) is 5.12. The number of nitrogen functional groups attached to an aromatic ring is 1. The topological polar surface area (TPSA) is 82.2 Å². The molecule has 0 atom stereocenters. The molecule has 1 heterocycles. The average Bonchev–Trinajstić information content (AvgIpc) is 3.24. The van der Waals surface area contributed by atoms with Gasteiger partial charge in [0.2, 0.25) is 0 Å². The van der Waals surface area contributed by atoms with Gasteiger partial charge in [0.25, 0.3) is 5.91 Å². The van der Waals surface area contributed by atoms with Gasteiger partial charge in [0.05, 0.1) is 5.69 Å². The number of amides is 1. The van der Waals surface area contributed by atoms with Gasteiger partial charge in [-0.1, -0.05) is 6.08 Å². The van der Waals surface area contributed by atoms with Gasteiger partial charge < -0.3 is 16.0 Å². The van der Waals surface area contributed by atoms with Crippen LogP contribution in [-0.4, -0.2) is 25.5 Å². The molecule has 1 aliphatic rings. The van der Waals surface area contributed by atoms with E-state index in [9.17, 15) is 10.1 Å². The van der Waals surface area contributed by atoms with Crippen molar-refractivity contribution >= 4 is 27.9 Å². The van der Waals surface area contributed by atoms with Crippen LogP contribution < -0.4 is 16.0 Å². The molecule has 1 saturated carbocycles. The van der Waals surface area contributed by atoms with E-state index in [1.54, 1.807) is 6.08 Å². The van der Waals surface area contributed by atoms with Crippen LogP contribution in [0.3, 0.4) is 0 Å². The van der Waals surface area contributed by atoms with E-state index in [2.05, 4.69) is 29.8 Å². The zero-order valence-corrected chi connectivity index (χ0v) is 13.0. The number of nitrogens with two attached hydrogens (primary N) is 1. The highest BCUT2D eigenvalue weighted by atomic mass is 32.1. The highest BCUT2D eigenvalue weighted by Gasteiger charge is 2.28. The zero-order valence-electron chi connectivity index (χ0n) is 12.2. The van der Waals surface area contributed by atoms with Crippen LogP contribution in [0.1, 0.15) is 35.0 Å². The summed E-state index contributed by atoms with van der Waals surface area (Å²) in [6.45, 7) is 7.73. The Labute approximate surface area is 129 Å². The Balaban J connectivity index is 2.30. The minimum atomic E-state index is -0.248. The van der Waals surface area contributed by atoms with Crippen molar-refractivity contribution in [1.82, 2.24) is 5.32 Å². The molecule has 0 radical (unpaired) electrons. The van der Waals surface area contributed by atoms with Crippen molar-refractivity contribution in [3.63, 3.8) is 0 Å². The molecule has 6 heteroatoms. The van der Waals surface area contributed by atoms with Gasteiger partial charge in [-0.05, 0) is 25.7 Å². The van der Waals surface area contributed by atoms with Gasteiger partial charge in [-0.25, -0.2) is 0 Å². The summed E-state index contributed by atoms with van der Waals surface area (Å²) in [6.07, 6.45) is 4.09. The van der Waals surface area contributed by atoms with Crippen molar-refractivity contribution in [3.8, 4) is 6.07 Å². The lowest BCUT2D eigenvalue weighted by molar-refractivity contribution is 0.0963. The standard InChI is InChI=1S/C15H20N4OS/c1-3-7-18-14(20)13-12(17)11(8-16)15(21-13)19(4-2)9-10-5-6-10/h3,10H,1,4-7,9,17H2,2H3,(H,18,20). The van der Waals surface area contributed by atoms with Crippen LogP contribution in [-0.2, 0) is 0 Å². The van der Waals surface area contributed by atoms with Gasteiger partial charge in [-0.3, -0.25) is 4.79 Å². The molecule has 0 saturated heterocycles. The summed E-state index contributed by atoms with van der Waals surface area (Å²) in [4.78, 5) is 14.7. The van der Waals surface area contributed by atoms with Gasteiger partial charge in [0.15, 0.2) is 0 Å². The Hall–Kier alpha value is -2.00. The van der Waals surface area contributed by atoms with Crippen molar-refractivity contribution in [2.45, 2.75) is 19.8 Å². The Kier molecular flexibility index (Phi) is 4.86. The van der Waals surface area contributed by atoms with E-state index in [0.29, 0.717) is 22.9 Å².